The highest BCUT2D eigenvalue weighted by atomic mass is 14.9. The van der Waals surface area contributed by atoms with Gasteiger partial charge in [-0.2, -0.15) is 5.26 Å². The maximum atomic E-state index is 9.18. The van der Waals surface area contributed by atoms with Gasteiger partial charge in [-0.15, -0.1) is 0 Å². The van der Waals surface area contributed by atoms with Gasteiger partial charge in [0.1, 0.15) is 0 Å². The highest BCUT2D eigenvalue weighted by molar-refractivity contribution is 6.05. The van der Waals surface area contributed by atoms with E-state index in [1.807, 2.05) is 60.7 Å². The van der Waals surface area contributed by atoms with Gasteiger partial charge < -0.3 is 0 Å². The van der Waals surface area contributed by atoms with Crippen molar-refractivity contribution in [3.63, 3.8) is 0 Å². The second-order valence-corrected chi connectivity index (χ2v) is 9.75. The Bertz CT molecular complexity index is 2040. The quantitative estimate of drug-likeness (QED) is 0.237. The second-order valence-electron chi connectivity index (χ2n) is 9.75. The van der Waals surface area contributed by atoms with E-state index >= 15 is 0 Å². The average Bonchev–Trinajstić information content (AvgIpc) is 3.04. The zero-order valence-corrected chi connectivity index (χ0v) is 21.6. The van der Waals surface area contributed by atoms with Gasteiger partial charge in [0.2, 0.25) is 0 Å². The van der Waals surface area contributed by atoms with Crippen LogP contribution in [0.25, 0.3) is 66.6 Å². The lowest BCUT2D eigenvalue weighted by molar-refractivity contribution is 1.23. The number of nitriles is 1. The molecule has 0 amide bonds. The molecule has 1 heterocycles. The summed E-state index contributed by atoms with van der Waals surface area (Å²) >= 11 is 0. The van der Waals surface area contributed by atoms with Crippen molar-refractivity contribution in [2.45, 2.75) is 0 Å². The molecule has 0 atom stereocenters. The summed E-state index contributed by atoms with van der Waals surface area (Å²) in [5.74, 6) is 0.713. The van der Waals surface area contributed by atoms with E-state index in [1.54, 1.807) is 0 Å². The molecule has 0 saturated heterocycles. The minimum absolute atomic E-state index is 0.663. The summed E-state index contributed by atoms with van der Waals surface area (Å²) < 4.78 is 0. The molecule has 0 N–H and O–H groups in total. The van der Waals surface area contributed by atoms with Gasteiger partial charge >= 0.3 is 0 Å². The zero-order valence-electron chi connectivity index (χ0n) is 21.6. The van der Waals surface area contributed by atoms with Crippen LogP contribution >= 0.6 is 0 Å². The zero-order chi connectivity index (χ0) is 26.9. The maximum Gasteiger partial charge on any atom is 0.160 e. The molecule has 0 aliphatic rings. The van der Waals surface area contributed by atoms with Crippen LogP contribution in [0, 0.1) is 11.3 Å². The molecule has 1 aromatic heterocycles. The first-order valence-electron chi connectivity index (χ1n) is 13.2. The van der Waals surface area contributed by atoms with E-state index in [2.05, 4.69) is 84.9 Å². The first kappa shape index (κ1) is 23.5. The van der Waals surface area contributed by atoms with E-state index in [0.717, 1.165) is 44.4 Å². The Labute approximate surface area is 232 Å². The lowest BCUT2D eigenvalue weighted by Crippen LogP contribution is -1.95. The fraction of sp³-hybridized carbons (Fsp3) is 0. The predicted molar refractivity (Wildman–Crippen MR) is 164 cm³/mol. The van der Waals surface area contributed by atoms with Gasteiger partial charge in [0.25, 0.3) is 0 Å². The van der Waals surface area contributed by atoms with Crippen molar-refractivity contribution in [3.8, 4) is 51.0 Å². The molecule has 40 heavy (non-hydrogen) atoms. The summed E-state index contributed by atoms with van der Waals surface area (Å²) in [5, 5.41) is 12.6. The van der Waals surface area contributed by atoms with Crippen LogP contribution in [0.5, 0.6) is 0 Å². The first-order chi connectivity index (χ1) is 19.8. The molecular weight excluding hydrogens is 486 g/mol. The van der Waals surface area contributed by atoms with E-state index in [-0.39, 0.29) is 0 Å². The number of fused-ring (bicyclic) bond motifs is 2. The third kappa shape index (κ3) is 4.18. The van der Waals surface area contributed by atoms with Gasteiger partial charge in [-0.1, -0.05) is 121 Å². The lowest BCUT2D eigenvalue weighted by atomic mass is 9.91. The minimum atomic E-state index is 0.663. The monoisotopic (exact) mass is 509 g/mol. The third-order valence-corrected chi connectivity index (χ3v) is 7.35. The summed E-state index contributed by atoms with van der Waals surface area (Å²) in [4.78, 5) is 9.93. The number of rotatable bonds is 4. The Balaban J connectivity index is 1.30. The molecule has 3 heteroatoms. The van der Waals surface area contributed by atoms with Gasteiger partial charge in [0, 0.05) is 16.5 Å². The normalized spacial score (nSPS) is 11.0. The summed E-state index contributed by atoms with van der Waals surface area (Å²) in [5.41, 5.74) is 9.14. The summed E-state index contributed by atoms with van der Waals surface area (Å²) in [6.07, 6.45) is 0. The molecule has 0 unspecified atom stereocenters. The van der Waals surface area contributed by atoms with Crippen LogP contribution in [0.1, 0.15) is 5.56 Å². The molecule has 186 valence electrons. The minimum Gasteiger partial charge on any atom is -0.228 e. The highest BCUT2D eigenvalue weighted by Crippen LogP contribution is 2.36. The summed E-state index contributed by atoms with van der Waals surface area (Å²) in [6.45, 7) is 0. The lowest BCUT2D eigenvalue weighted by Gasteiger charge is -2.13. The van der Waals surface area contributed by atoms with Gasteiger partial charge in [-0.3, -0.25) is 0 Å². The molecular formula is C37H23N3. The molecule has 0 fully saturated rings. The van der Waals surface area contributed by atoms with E-state index in [4.69, 9.17) is 9.97 Å². The Hall–Kier alpha value is -5.59. The van der Waals surface area contributed by atoms with Crippen LogP contribution in [0.2, 0.25) is 0 Å². The topological polar surface area (TPSA) is 49.6 Å². The molecule has 0 aliphatic carbocycles. The van der Waals surface area contributed by atoms with Crippen molar-refractivity contribution in [1.29, 1.82) is 5.26 Å². The molecule has 0 radical (unpaired) electrons. The smallest absolute Gasteiger partial charge is 0.160 e. The van der Waals surface area contributed by atoms with Crippen molar-refractivity contribution < 1.29 is 0 Å². The van der Waals surface area contributed by atoms with Crippen LogP contribution in [-0.2, 0) is 0 Å². The molecule has 6 aromatic carbocycles. The van der Waals surface area contributed by atoms with E-state index < -0.39 is 0 Å². The molecule has 0 spiro atoms. The number of para-hydroxylation sites is 1. The van der Waals surface area contributed by atoms with E-state index in [9.17, 15) is 5.26 Å². The van der Waals surface area contributed by atoms with Gasteiger partial charge in [0.05, 0.1) is 22.8 Å². The van der Waals surface area contributed by atoms with Crippen molar-refractivity contribution in [1.82, 2.24) is 9.97 Å². The van der Waals surface area contributed by atoms with Crippen LogP contribution in [0.4, 0.5) is 0 Å². The Morgan fingerprint density at radius 1 is 0.425 bits per heavy atom. The largest absolute Gasteiger partial charge is 0.228 e. The SMILES string of the molecule is N#Cc1ccc(-c2ccc(-c3ccc(-c4nc(-c5ccccc5)c5ccccc5n4)cc3)c3ccccc23)cc1. The molecule has 0 bridgehead atoms. The van der Waals surface area contributed by atoms with Gasteiger partial charge in [-0.05, 0) is 51.2 Å². The van der Waals surface area contributed by atoms with Gasteiger partial charge in [-0.25, -0.2) is 9.97 Å². The number of nitrogens with zero attached hydrogens (tertiary/aromatic N) is 3. The molecule has 7 rings (SSSR count). The first-order valence-corrected chi connectivity index (χ1v) is 13.2. The number of aromatic nitrogens is 2. The molecule has 7 aromatic rings. The molecule has 3 nitrogen and oxygen atoms in total. The maximum absolute atomic E-state index is 9.18. The number of benzene rings is 6. The van der Waals surface area contributed by atoms with Crippen molar-refractivity contribution >= 4 is 21.7 Å². The fourth-order valence-corrected chi connectivity index (χ4v) is 5.35. The summed E-state index contributed by atoms with van der Waals surface area (Å²) in [6, 6.07) is 49.8. The second kappa shape index (κ2) is 9.94. The van der Waals surface area contributed by atoms with Crippen LogP contribution in [-0.4, -0.2) is 9.97 Å². The van der Waals surface area contributed by atoms with Crippen molar-refractivity contribution in [3.05, 3.63) is 145 Å². The highest BCUT2D eigenvalue weighted by Gasteiger charge is 2.13. The van der Waals surface area contributed by atoms with Gasteiger partial charge in [0.15, 0.2) is 5.82 Å². The Morgan fingerprint density at radius 3 is 1.57 bits per heavy atom. The van der Waals surface area contributed by atoms with Crippen LogP contribution in [0.15, 0.2) is 140 Å². The Morgan fingerprint density at radius 2 is 0.950 bits per heavy atom. The predicted octanol–water partition coefficient (Wildman–Crippen LogP) is 9.32. The molecule has 0 saturated carbocycles. The van der Waals surface area contributed by atoms with Crippen molar-refractivity contribution in [2.75, 3.05) is 0 Å². The van der Waals surface area contributed by atoms with Crippen LogP contribution in [0.3, 0.4) is 0 Å². The number of hydrogen-bond donors (Lipinski definition) is 0. The number of hydrogen-bond acceptors (Lipinski definition) is 3. The van der Waals surface area contributed by atoms with Crippen molar-refractivity contribution in [2.24, 2.45) is 0 Å². The van der Waals surface area contributed by atoms with E-state index in [0.29, 0.717) is 11.4 Å². The standard InChI is InChI=1S/C37H23N3/c38-24-25-14-16-26(17-15-25)30-22-23-31(33-11-5-4-10-32(30)33)27-18-20-29(21-19-27)37-39-35-13-7-6-12-34(35)36(40-37)28-8-2-1-3-9-28/h1-23H. The summed E-state index contributed by atoms with van der Waals surface area (Å²) in [7, 11) is 0. The fourth-order valence-electron chi connectivity index (χ4n) is 5.35. The van der Waals surface area contributed by atoms with Crippen LogP contribution < -0.4 is 0 Å². The van der Waals surface area contributed by atoms with E-state index in [1.165, 1.54) is 16.3 Å². The third-order valence-electron chi connectivity index (χ3n) is 7.35. The molecule has 0 aliphatic heterocycles. The average molecular weight is 510 g/mol. The Kier molecular flexibility index (Phi) is 5.85.